The highest BCUT2D eigenvalue weighted by molar-refractivity contribution is 6.00. The second-order valence-electron chi connectivity index (χ2n) is 5.73. The molecule has 0 spiro atoms. The largest absolute Gasteiger partial charge is 0.508 e. The van der Waals surface area contributed by atoms with Gasteiger partial charge in [-0.3, -0.25) is 4.79 Å². The number of nitrogens with one attached hydrogen (secondary N) is 1. The van der Waals surface area contributed by atoms with E-state index >= 15 is 0 Å². The first-order valence-electron chi connectivity index (χ1n) is 7.47. The molecule has 0 amide bonds. The first-order chi connectivity index (χ1) is 10.9. The van der Waals surface area contributed by atoms with Crippen LogP contribution in [0.25, 0.3) is 0 Å². The van der Waals surface area contributed by atoms with Gasteiger partial charge in [-0.15, -0.1) is 0 Å². The zero-order chi connectivity index (χ0) is 17.0. The van der Waals surface area contributed by atoms with Crippen molar-refractivity contribution in [3.63, 3.8) is 0 Å². The van der Waals surface area contributed by atoms with E-state index in [2.05, 4.69) is 5.32 Å². The summed E-state index contributed by atoms with van der Waals surface area (Å²) in [6.07, 6.45) is 0.721. The number of phenols is 3. The Morgan fingerprint density at radius 1 is 1.00 bits per heavy atom. The van der Waals surface area contributed by atoms with Gasteiger partial charge in [0.25, 0.3) is 0 Å². The molecule has 0 aliphatic heterocycles. The Balaban J connectivity index is 1.96. The molecule has 0 heterocycles. The predicted molar refractivity (Wildman–Crippen MR) is 88.0 cm³/mol. The molecule has 0 aromatic heterocycles. The van der Waals surface area contributed by atoms with Crippen LogP contribution in [0.4, 0.5) is 0 Å². The third-order valence-corrected chi connectivity index (χ3v) is 3.67. The van der Waals surface area contributed by atoms with E-state index in [4.69, 9.17) is 0 Å². The number of ketones is 1. The van der Waals surface area contributed by atoms with Gasteiger partial charge >= 0.3 is 0 Å². The van der Waals surface area contributed by atoms with Crippen LogP contribution in [0.5, 0.6) is 17.2 Å². The van der Waals surface area contributed by atoms with Crippen molar-refractivity contribution >= 4 is 5.78 Å². The van der Waals surface area contributed by atoms with E-state index in [1.165, 1.54) is 18.2 Å². The average Bonchev–Trinajstić information content (AvgIpc) is 2.51. The molecule has 0 fully saturated rings. The van der Waals surface area contributed by atoms with Crippen molar-refractivity contribution in [1.29, 1.82) is 0 Å². The molecule has 2 aromatic rings. The fraction of sp³-hybridized carbons (Fsp3) is 0.278. The Hall–Kier alpha value is -2.53. The summed E-state index contributed by atoms with van der Waals surface area (Å²) in [4.78, 5) is 12.4. The fourth-order valence-corrected chi connectivity index (χ4v) is 2.47. The number of phenolic OH excluding ortho intramolecular Hbond substituents is 3. The summed E-state index contributed by atoms with van der Waals surface area (Å²) in [6.45, 7) is 3.74. The van der Waals surface area contributed by atoms with Crippen molar-refractivity contribution in [3.05, 3.63) is 53.6 Å². The summed E-state index contributed by atoms with van der Waals surface area (Å²) in [5.41, 5.74) is 1.40. The Morgan fingerprint density at radius 2 is 1.65 bits per heavy atom. The minimum Gasteiger partial charge on any atom is -0.508 e. The van der Waals surface area contributed by atoms with Crippen molar-refractivity contribution < 1.29 is 20.1 Å². The number of Topliss-reactive ketones (excluding diaryl/α,β-unsaturated/α-hetero) is 1. The smallest absolute Gasteiger partial charge is 0.179 e. The molecule has 5 nitrogen and oxygen atoms in total. The van der Waals surface area contributed by atoms with Gasteiger partial charge < -0.3 is 20.6 Å². The van der Waals surface area contributed by atoms with Gasteiger partial charge in [0, 0.05) is 11.6 Å². The molecule has 0 saturated heterocycles. The van der Waals surface area contributed by atoms with Gasteiger partial charge in [0.15, 0.2) is 17.3 Å². The molecule has 2 atom stereocenters. The fourth-order valence-electron chi connectivity index (χ4n) is 2.47. The molecule has 0 aliphatic rings. The van der Waals surface area contributed by atoms with E-state index in [0.29, 0.717) is 5.56 Å². The van der Waals surface area contributed by atoms with E-state index in [1.54, 1.807) is 19.1 Å². The number of hydrogen-bond donors (Lipinski definition) is 4. The van der Waals surface area contributed by atoms with Crippen molar-refractivity contribution in [1.82, 2.24) is 5.32 Å². The van der Waals surface area contributed by atoms with Gasteiger partial charge in [0.05, 0.1) is 6.04 Å². The number of aromatic hydroxyl groups is 3. The standard InChI is InChI=1S/C18H21NO4/c1-11(9-13-3-6-15(20)7-4-13)19-12(2)18(23)14-5-8-16(21)17(22)10-14/h3-8,10-12,19-22H,9H2,1-2H3. The summed E-state index contributed by atoms with van der Waals surface area (Å²) in [5, 5.41) is 31.3. The SMILES string of the molecule is CC(Cc1ccc(O)cc1)NC(C)C(=O)c1ccc(O)c(O)c1. The zero-order valence-corrected chi connectivity index (χ0v) is 13.2. The van der Waals surface area contributed by atoms with Gasteiger partial charge in [0.1, 0.15) is 5.75 Å². The van der Waals surface area contributed by atoms with Crippen LogP contribution in [0, 0.1) is 0 Å². The van der Waals surface area contributed by atoms with E-state index in [9.17, 15) is 20.1 Å². The van der Waals surface area contributed by atoms with Gasteiger partial charge in [0.2, 0.25) is 0 Å². The Labute approximate surface area is 135 Å². The second kappa shape index (κ2) is 7.15. The lowest BCUT2D eigenvalue weighted by atomic mass is 10.0. The van der Waals surface area contributed by atoms with Crippen LogP contribution in [0.15, 0.2) is 42.5 Å². The molecule has 5 heteroatoms. The van der Waals surface area contributed by atoms with Crippen molar-refractivity contribution in [3.8, 4) is 17.2 Å². The number of hydrogen-bond acceptors (Lipinski definition) is 5. The highest BCUT2D eigenvalue weighted by Gasteiger charge is 2.18. The minimum absolute atomic E-state index is 0.0594. The molecule has 23 heavy (non-hydrogen) atoms. The van der Waals surface area contributed by atoms with Crippen molar-refractivity contribution in [2.45, 2.75) is 32.4 Å². The minimum atomic E-state index is -0.425. The maximum Gasteiger partial charge on any atom is 0.179 e. The maximum atomic E-state index is 12.4. The second-order valence-corrected chi connectivity index (χ2v) is 5.73. The Bertz CT molecular complexity index is 682. The summed E-state index contributed by atoms with van der Waals surface area (Å²) in [6, 6.07) is 10.6. The Morgan fingerprint density at radius 3 is 2.26 bits per heavy atom. The lowest BCUT2D eigenvalue weighted by Gasteiger charge is -2.19. The van der Waals surface area contributed by atoms with E-state index in [-0.39, 0.29) is 29.1 Å². The normalized spacial score (nSPS) is 13.5. The van der Waals surface area contributed by atoms with Crippen LogP contribution in [0.2, 0.25) is 0 Å². The van der Waals surface area contributed by atoms with Crippen LogP contribution in [-0.4, -0.2) is 33.2 Å². The quantitative estimate of drug-likeness (QED) is 0.486. The number of benzene rings is 2. The van der Waals surface area contributed by atoms with Crippen LogP contribution in [-0.2, 0) is 6.42 Å². The molecular formula is C18H21NO4. The van der Waals surface area contributed by atoms with Crippen LogP contribution < -0.4 is 5.32 Å². The molecular weight excluding hydrogens is 294 g/mol. The lowest BCUT2D eigenvalue weighted by Crippen LogP contribution is -2.41. The van der Waals surface area contributed by atoms with Gasteiger partial charge in [-0.25, -0.2) is 0 Å². The van der Waals surface area contributed by atoms with Crippen LogP contribution >= 0.6 is 0 Å². The molecule has 2 aromatic carbocycles. The summed E-state index contributed by atoms with van der Waals surface area (Å²) in [7, 11) is 0. The third kappa shape index (κ3) is 4.47. The van der Waals surface area contributed by atoms with Gasteiger partial charge in [-0.05, 0) is 56.2 Å². The monoisotopic (exact) mass is 315 g/mol. The molecule has 2 rings (SSSR count). The molecule has 0 radical (unpaired) electrons. The van der Waals surface area contributed by atoms with E-state index < -0.39 is 6.04 Å². The Kier molecular flexibility index (Phi) is 5.24. The highest BCUT2D eigenvalue weighted by atomic mass is 16.3. The van der Waals surface area contributed by atoms with Crippen LogP contribution in [0.1, 0.15) is 29.8 Å². The summed E-state index contributed by atoms with van der Waals surface area (Å²) < 4.78 is 0. The molecule has 0 bridgehead atoms. The molecule has 2 unspecified atom stereocenters. The zero-order valence-electron chi connectivity index (χ0n) is 13.2. The van der Waals surface area contributed by atoms with E-state index in [0.717, 1.165) is 12.0 Å². The predicted octanol–water partition coefficient (Wildman–Crippen LogP) is 2.60. The first-order valence-corrected chi connectivity index (χ1v) is 7.47. The molecule has 0 saturated carbocycles. The average molecular weight is 315 g/mol. The first kappa shape index (κ1) is 16.8. The maximum absolute atomic E-state index is 12.4. The number of carbonyl (C=O) groups is 1. The topological polar surface area (TPSA) is 89.8 Å². The van der Waals surface area contributed by atoms with Gasteiger partial charge in [-0.2, -0.15) is 0 Å². The molecule has 122 valence electrons. The van der Waals surface area contributed by atoms with Crippen molar-refractivity contribution in [2.24, 2.45) is 0 Å². The third-order valence-electron chi connectivity index (χ3n) is 3.67. The van der Waals surface area contributed by atoms with Gasteiger partial charge in [-0.1, -0.05) is 12.1 Å². The lowest BCUT2D eigenvalue weighted by molar-refractivity contribution is 0.0945. The van der Waals surface area contributed by atoms with E-state index in [1.807, 2.05) is 19.1 Å². The number of rotatable bonds is 6. The summed E-state index contributed by atoms with van der Waals surface area (Å²) in [5.74, 6) is -0.481. The summed E-state index contributed by atoms with van der Waals surface area (Å²) >= 11 is 0. The number of carbonyl (C=O) groups excluding carboxylic acids is 1. The highest BCUT2D eigenvalue weighted by Crippen LogP contribution is 2.25. The molecule has 4 N–H and O–H groups in total. The van der Waals surface area contributed by atoms with Crippen molar-refractivity contribution in [2.75, 3.05) is 0 Å². The van der Waals surface area contributed by atoms with Crippen LogP contribution in [0.3, 0.4) is 0 Å². The molecule has 0 aliphatic carbocycles.